The van der Waals surface area contributed by atoms with Gasteiger partial charge in [-0.05, 0) is 93.8 Å². The van der Waals surface area contributed by atoms with Gasteiger partial charge in [0.2, 0.25) is 5.91 Å². The van der Waals surface area contributed by atoms with E-state index in [9.17, 15) is 14.7 Å². The molecule has 1 amide bonds. The monoisotopic (exact) mass is 419 g/mol. The summed E-state index contributed by atoms with van der Waals surface area (Å²) in [6, 6.07) is 0.205. The average molecular weight is 420 g/mol. The number of hydrogen-bond acceptors (Lipinski definition) is 3. The second kappa shape index (κ2) is 9.71. The molecular formula is C26H45NO3. The van der Waals surface area contributed by atoms with Crippen molar-refractivity contribution in [2.45, 2.75) is 111 Å². The molecule has 0 aliphatic heterocycles. The third-order valence-corrected chi connectivity index (χ3v) is 9.01. The van der Waals surface area contributed by atoms with Crippen molar-refractivity contribution in [1.29, 1.82) is 0 Å². The second-order valence-electron chi connectivity index (χ2n) is 11.4. The maximum Gasteiger partial charge on any atom is 0.220 e. The highest BCUT2D eigenvalue weighted by molar-refractivity contribution is 5.83. The second-order valence-corrected chi connectivity index (χ2v) is 11.4. The summed E-state index contributed by atoms with van der Waals surface area (Å²) in [5.41, 5.74) is 0.233. The van der Waals surface area contributed by atoms with E-state index in [1.54, 1.807) is 0 Å². The summed E-state index contributed by atoms with van der Waals surface area (Å²) >= 11 is 0. The quantitative estimate of drug-likeness (QED) is 0.601. The van der Waals surface area contributed by atoms with Gasteiger partial charge in [-0.15, -0.1) is 0 Å². The minimum atomic E-state index is -0.209. The van der Waals surface area contributed by atoms with Crippen LogP contribution in [-0.4, -0.2) is 28.9 Å². The van der Waals surface area contributed by atoms with Crippen molar-refractivity contribution in [3.8, 4) is 0 Å². The number of aliphatic hydroxyl groups is 1. The number of hydrogen-bond donors (Lipinski definition) is 2. The molecule has 3 saturated carbocycles. The summed E-state index contributed by atoms with van der Waals surface area (Å²) in [6.45, 7) is 11.0. The predicted molar refractivity (Wildman–Crippen MR) is 121 cm³/mol. The highest BCUT2D eigenvalue weighted by atomic mass is 16.3. The van der Waals surface area contributed by atoms with E-state index in [2.05, 4.69) is 26.1 Å². The highest BCUT2D eigenvalue weighted by Gasteiger charge is 2.57. The molecule has 0 aromatic carbocycles. The first-order valence-corrected chi connectivity index (χ1v) is 12.7. The average Bonchev–Trinajstić information content (AvgIpc) is 2.67. The molecule has 3 aliphatic carbocycles. The molecule has 2 N–H and O–H groups in total. The van der Waals surface area contributed by atoms with Gasteiger partial charge >= 0.3 is 0 Å². The van der Waals surface area contributed by atoms with Gasteiger partial charge in [0.25, 0.3) is 0 Å². The molecule has 3 fully saturated rings. The van der Waals surface area contributed by atoms with E-state index < -0.39 is 0 Å². The first kappa shape index (κ1) is 23.8. The number of ketones is 1. The van der Waals surface area contributed by atoms with E-state index in [-0.39, 0.29) is 29.4 Å². The number of carbonyl (C=O) groups excluding carboxylic acids is 2. The largest absolute Gasteiger partial charge is 0.393 e. The topological polar surface area (TPSA) is 66.4 Å². The number of carbonyl (C=O) groups is 2. The van der Waals surface area contributed by atoms with Gasteiger partial charge in [-0.3, -0.25) is 9.59 Å². The standard InChI is InChI=1S/C26H45NO3/c1-6-21-18(13-17(4)7-10-24(30)27-16(2)3)8-9-22-25(21)23(29)15-19-14-20(28)11-12-26(19,22)5/h16-22,25,28H,6-15H2,1-5H3,(H,27,30)/t17?,18?,19-,20?,21?,22?,25?,26-/m0/s1. The number of amides is 1. The summed E-state index contributed by atoms with van der Waals surface area (Å²) in [4.78, 5) is 25.3. The zero-order valence-corrected chi connectivity index (χ0v) is 20.0. The van der Waals surface area contributed by atoms with E-state index >= 15 is 0 Å². The van der Waals surface area contributed by atoms with Gasteiger partial charge in [0.05, 0.1) is 6.10 Å². The Hall–Kier alpha value is -0.900. The van der Waals surface area contributed by atoms with E-state index in [4.69, 9.17) is 0 Å². The van der Waals surface area contributed by atoms with Gasteiger partial charge in [-0.2, -0.15) is 0 Å². The number of rotatable bonds is 7. The van der Waals surface area contributed by atoms with Crippen molar-refractivity contribution in [2.24, 2.45) is 40.9 Å². The lowest BCUT2D eigenvalue weighted by Crippen LogP contribution is -2.55. The van der Waals surface area contributed by atoms with Gasteiger partial charge in [0.1, 0.15) is 5.78 Å². The van der Waals surface area contributed by atoms with Crippen LogP contribution in [0.25, 0.3) is 0 Å². The molecule has 4 heteroatoms. The fourth-order valence-electron chi connectivity index (χ4n) is 7.45. The lowest BCUT2D eigenvalue weighted by molar-refractivity contribution is -0.155. The Morgan fingerprint density at radius 1 is 1.23 bits per heavy atom. The molecule has 0 spiro atoms. The summed E-state index contributed by atoms with van der Waals surface area (Å²) in [5.74, 6) is 3.37. The lowest BCUT2D eigenvalue weighted by atomic mass is 9.46. The SMILES string of the molecule is CCC1C(CC(C)CCC(=O)NC(C)C)CCC2C1C(=O)C[C@@H]1CC(O)CC[C@]21C. The first-order valence-electron chi connectivity index (χ1n) is 12.7. The van der Waals surface area contributed by atoms with Crippen molar-refractivity contribution >= 4 is 11.7 Å². The van der Waals surface area contributed by atoms with E-state index in [0.29, 0.717) is 48.2 Å². The molecule has 4 nitrogen and oxygen atoms in total. The van der Waals surface area contributed by atoms with Crippen LogP contribution in [-0.2, 0) is 9.59 Å². The molecule has 172 valence electrons. The summed E-state index contributed by atoms with van der Waals surface area (Å²) in [5, 5.41) is 13.2. The van der Waals surface area contributed by atoms with Crippen molar-refractivity contribution in [1.82, 2.24) is 5.32 Å². The van der Waals surface area contributed by atoms with Crippen LogP contribution in [0, 0.1) is 40.9 Å². The molecule has 6 unspecified atom stereocenters. The molecule has 30 heavy (non-hydrogen) atoms. The minimum absolute atomic E-state index is 0.161. The zero-order chi connectivity index (χ0) is 22.1. The number of aliphatic hydroxyl groups excluding tert-OH is 1. The molecule has 3 aliphatic rings. The summed E-state index contributed by atoms with van der Waals surface area (Å²) < 4.78 is 0. The van der Waals surface area contributed by atoms with Gasteiger partial charge in [0.15, 0.2) is 0 Å². The third kappa shape index (κ3) is 4.95. The fraction of sp³-hybridized carbons (Fsp3) is 0.923. The zero-order valence-electron chi connectivity index (χ0n) is 20.0. The minimum Gasteiger partial charge on any atom is -0.393 e. The van der Waals surface area contributed by atoms with E-state index in [1.165, 1.54) is 12.8 Å². The van der Waals surface area contributed by atoms with Crippen molar-refractivity contribution < 1.29 is 14.7 Å². The van der Waals surface area contributed by atoms with Gasteiger partial charge < -0.3 is 10.4 Å². The molecule has 8 atom stereocenters. The number of fused-ring (bicyclic) bond motifs is 3. The Labute approximate surface area is 184 Å². The number of Topliss-reactive ketones (excluding diaryl/α,β-unsaturated/α-hetero) is 1. The lowest BCUT2D eigenvalue weighted by Gasteiger charge is -2.58. The molecule has 0 aromatic rings. The Balaban J connectivity index is 1.64. The molecule has 0 radical (unpaired) electrons. The first-order chi connectivity index (χ1) is 14.2. The maximum atomic E-state index is 13.3. The molecule has 3 rings (SSSR count). The Kier molecular flexibility index (Phi) is 7.69. The Morgan fingerprint density at radius 3 is 2.63 bits per heavy atom. The van der Waals surface area contributed by atoms with Crippen molar-refractivity contribution in [3.63, 3.8) is 0 Å². The molecule has 0 saturated heterocycles. The van der Waals surface area contributed by atoms with Crippen molar-refractivity contribution in [2.75, 3.05) is 0 Å². The van der Waals surface area contributed by atoms with Crippen LogP contribution in [0.5, 0.6) is 0 Å². The van der Waals surface area contributed by atoms with Gasteiger partial charge in [0, 0.05) is 24.8 Å². The summed E-state index contributed by atoms with van der Waals surface area (Å²) in [7, 11) is 0. The van der Waals surface area contributed by atoms with Gasteiger partial charge in [-0.25, -0.2) is 0 Å². The summed E-state index contributed by atoms with van der Waals surface area (Å²) in [6.07, 6.45) is 9.44. The van der Waals surface area contributed by atoms with Crippen LogP contribution < -0.4 is 5.32 Å². The smallest absolute Gasteiger partial charge is 0.220 e. The fourth-order valence-corrected chi connectivity index (χ4v) is 7.45. The molecule has 0 heterocycles. The van der Waals surface area contributed by atoms with Gasteiger partial charge in [-0.1, -0.05) is 27.2 Å². The van der Waals surface area contributed by atoms with Crippen LogP contribution in [0.3, 0.4) is 0 Å². The molecule has 0 aromatic heterocycles. The van der Waals surface area contributed by atoms with E-state index in [1.807, 2.05) is 13.8 Å². The maximum absolute atomic E-state index is 13.3. The third-order valence-electron chi connectivity index (χ3n) is 9.01. The highest BCUT2D eigenvalue weighted by Crippen LogP contribution is 2.60. The normalized spacial score (nSPS) is 39.9. The predicted octanol–water partition coefficient (Wildman–Crippen LogP) is 5.13. The number of nitrogens with one attached hydrogen (secondary N) is 1. The Morgan fingerprint density at radius 2 is 1.97 bits per heavy atom. The van der Waals surface area contributed by atoms with Crippen LogP contribution in [0.1, 0.15) is 98.8 Å². The van der Waals surface area contributed by atoms with E-state index in [0.717, 1.165) is 38.5 Å². The van der Waals surface area contributed by atoms with Crippen LogP contribution in [0.15, 0.2) is 0 Å². The molecular weight excluding hydrogens is 374 g/mol. The Bertz CT molecular complexity index is 617. The molecule has 0 bridgehead atoms. The van der Waals surface area contributed by atoms with Crippen LogP contribution in [0.2, 0.25) is 0 Å². The van der Waals surface area contributed by atoms with Crippen molar-refractivity contribution in [3.05, 3.63) is 0 Å². The van der Waals surface area contributed by atoms with Crippen LogP contribution >= 0.6 is 0 Å². The van der Waals surface area contributed by atoms with Crippen LogP contribution in [0.4, 0.5) is 0 Å².